The predicted molar refractivity (Wildman–Crippen MR) is 76.2 cm³/mol. The summed E-state index contributed by atoms with van der Waals surface area (Å²) in [5.41, 5.74) is 6.11. The molecule has 106 valence electrons. The summed E-state index contributed by atoms with van der Waals surface area (Å²) < 4.78 is 0. The van der Waals surface area contributed by atoms with Gasteiger partial charge in [-0.25, -0.2) is 0 Å². The van der Waals surface area contributed by atoms with Crippen LogP contribution in [0.1, 0.15) is 65.2 Å². The first kappa shape index (κ1) is 14.3. The molecule has 0 saturated heterocycles. The quantitative estimate of drug-likeness (QED) is 0.807. The molecule has 0 bridgehead atoms. The molecule has 2 fully saturated rings. The molecule has 2 aliphatic carbocycles. The van der Waals surface area contributed by atoms with Crippen molar-refractivity contribution in [2.75, 3.05) is 6.54 Å². The molecule has 0 aromatic carbocycles. The van der Waals surface area contributed by atoms with Gasteiger partial charge in [-0.15, -0.1) is 0 Å². The number of aliphatic hydroxyl groups excluding tert-OH is 1. The molecule has 5 unspecified atom stereocenters. The van der Waals surface area contributed by atoms with Crippen LogP contribution in [0.25, 0.3) is 0 Å². The van der Waals surface area contributed by atoms with Crippen LogP contribution in [-0.2, 0) is 0 Å². The Morgan fingerprint density at radius 2 is 2.11 bits per heavy atom. The Kier molecular flexibility index (Phi) is 4.71. The van der Waals surface area contributed by atoms with Crippen LogP contribution < -0.4 is 5.73 Å². The van der Waals surface area contributed by atoms with E-state index >= 15 is 0 Å². The minimum absolute atomic E-state index is 0.0441. The van der Waals surface area contributed by atoms with Crippen molar-refractivity contribution in [3.05, 3.63) is 0 Å². The van der Waals surface area contributed by atoms with E-state index in [1.807, 2.05) is 0 Å². The highest BCUT2D eigenvalue weighted by Crippen LogP contribution is 2.49. The molecule has 0 radical (unpaired) electrons. The molecule has 0 heterocycles. The van der Waals surface area contributed by atoms with Gasteiger partial charge < -0.3 is 10.8 Å². The van der Waals surface area contributed by atoms with Crippen molar-refractivity contribution in [2.24, 2.45) is 28.9 Å². The summed E-state index contributed by atoms with van der Waals surface area (Å²) in [5.74, 6) is 2.09. The Bertz CT molecular complexity index is 268. The molecule has 2 saturated carbocycles. The smallest absolute Gasteiger partial charge is 0.0636 e. The molecule has 2 heteroatoms. The Morgan fingerprint density at radius 1 is 1.33 bits per heavy atom. The second-order valence-corrected chi connectivity index (χ2v) is 7.06. The lowest BCUT2D eigenvalue weighted by Crippen LogP contribution is -2.45. The molecular weight excluding hydrogens is 222 g/mol. The van der Waals surface area contributed by atoms with Crippen molar-refractivity contribution in [3.63, 3.8) is 0 Å². The first-order chi connectivity index (χ1) is 8.61. The average Bonchev–Trinajstić information content (AvgIpc) is 2.83. The van der Waals surface area contributed by atoms with E-state index in [-0.39, 0.29) is 11.5 Å². The van der Waals surface area contributed by atoms with Crippen molar-refractivity contribution < 1.29 is 5.11 Å². The lowest BCUT2D eigenvalue weighted by molar-refractivity contribution is -0.0315. The molecule has 2 aliphatic rings. The Labute approximate surface area is 112 Å². The fourth-order valence-corrected chi connectivity index (χ4v) is 4.46. The van der Waals surface area contributed by atoms with Gasteiger partial charge in [0.05, 0.1) is 6.10 Å². The highest BCUT2D eigenvalue weighted by atomic mass is 16.3. The van der Waals surface area contributed by atoms with E-state index in [0.717, 1.165) is 24.7 Å². The Morgan fingerprint density at radius 3 is 2.67 bits per heavy atom. The van der Waals surface area contributed by atoms with E-state index in [9.17, 15) is 5.11 Å². The zero-order valence-corrected chi connectivity index (χ0v) is 12.2. The third kappa shape index (κ3) is 2.75. The summed E-state index contributed by atoms with van der Waals surface area (Å²) in [6, 6.07) is 0. The summed E-state index contributed by atoms with van der Waals surface area (Å²) in [6.45, 7) is 5.28. The molecule has 3 N–H and O–H groups in total. The van der Waals surface area contributed by atoms with Crippen molar-refractivity contribution in [1.29, 1.82) is 0 Å². The van der Waals surface area contributed by atoms with Crippen LogP contribution in [0, 0.1) is 23.2 Å². The second-order valence-electron chi connectivity index (χ2n) is 7.06. The molecule has 0 aliphatic heterocycles. The maximum absolute atomic E-state index is 10.9. The van der Waals surface area contributed by atoms with Crippen molar-refractivity contribution in [1.82, 2.24) is 0 Å². The van der Waals surface area contributed by atoms with Gasteiger partial charge in [0.2, 0.25) is 0 Å². The van der Waals surface area contributed by atoms with Gasteiger partial charge in [-0.3, -0.25) is 0 Å². The van der Waals surface area contributed by atoms with Gasteiger partial charge in [-0.1, -0.05) is 33.1 Å². The molecule has 0 amide bonds. The number of rotatable bonds is 4. The van der Waals surface area contributed by atoms with Crippen molar-refractivity contribution >= 4 is 0 Å². The molecular formula is C16H31NO. The third-order valence-corrected chi connectivity index (χ3v) is 5.78. The van der Waals surface area contributed by atoms with Gasteiger partial charge in [0, 0.05) is 12.0 Å². The van der Waals surface area contributed by atoms with Gasteiger partial charge in [-0.05, 0) is 49.9 Å². The zero-order valence-electron chi connectivity index (χ0n) is 12.2. The van der Waals surface area contributed by atoms with Crippen LogP contribution in [-0.4, -0.2) is 17.8 Å². The van der Waals surface area contributed by atoms with Gasteiger partial charge in [0.25, 0.3) is 0 Å². The fraction of sp³-hybridized carbons (Fsp3) is 1.00. The number of nitrogens with two attached hydrogens (primary N) is 1. The van der Waals surface area contributed by atoms with Gasteiger partial charge in [0.15, 0.2) is 0 Å². The van der Waals surface area contributed by atoms with E-state index in [0.29, 0.717) is 12.5 Å². The van der Waals surface area contributed by atoms with Crippen molar-refractivity contribution in [2.45, 2.75) is 71.3 Å². The van der Waals surface area contributed by atoms with Gasteiger partial charge in [-0.2, -0.15) is 0 Å². The molecule has 2 rings (SSSR count). The predicted octanol–water partition coefficient (Wildman–Crippen LogP) is 3.33. The third-order valence-electron chi connectivity index (χ3n) is 5.78. The highest BCUT2D eigenvalue weighted by molar-refractivity contribution is 4.97. The number of hydrogen-bond acceptors (Lipinski definition) is 2. The van der Waals surface area contributed by atoms with Crippen LogP contribution in [0.4, 0.5) is 0 Å². The van der Waals surface area contributed by atoms with Crippen LogP contribution in [0.15, 0.2) is 0 Å². The van der Waals surface area contributed by atoms with E-state index < -0.39 is 0 Å². The summed E-state index contributed by atoms with van der Waals surface area (Å²) in [6.07, 6.45) is 9.73. The van der Waals surface area contributed by atoms with Crippen LogP contribution in [0.2, 0.25) is 0 Å². The first-order valence-electron chi connectivity index (χ1n) is 7.99. The number of hydrogen-bond donors (Lipinski definition) is 2. The highest BCUT2D eigenvalue weighted by Gasteiger charge is 2.46. The molecule has 18 heavy (non-hydrogen) atoms. The largest absolute Gasteiger partial charge is 0.392 e. The normalized spacial score (nSPS) is 43.0. The molecule has 0 aromatic heterocycles. The average molecular weight is 253 g/mol. The lowest BCUT2D eigenvalue weighted by atomic mass is 9.68. The Balaban J connectivity index is 2.03. The standard InChI is InChI=1S/C16H31NO/c1-3-13-7-8-16(10-13,11-17)15(18)14-6-4-5-12(2)9-14/h12-15,18H,3-11,17H2,1-2H3. The van der Waals surface area contributed by atoms with Gasteiger partial charge in [0.1, 0.15) is 0 Å². The Hall–Kier alpha value is -0.0800. The van der Waals surface area contributed by atoms with Crippen LogP contribution in [0.5, 0.6) is 0 Å². The summed E-state index contributed by atoms with van der Waals surface area (Å²) in [4.78, 5) is 0. The summed E-state index contributed by atoms with van der Waals surface area (Å²) in [7, 11) is 0. The van der Waals surface area contributed by atoms with E-state index in [1.54, 1.807) is 0 Å². The van der Waals surface area contributed by atoms with E-state index in [1.165, 1.54) is 38.5 Å². The molecule has 5 atom stereocenters. The lowest BCUT2D eigenvalue weighted by Gasteiger charge is -2.41. The first-order valence-corrected chi connectivity index (χ1v) is 7.99. The monoisotopic (exact) mass is 253 g/mol. The molecule has 0 aromatic rings. The van der Waals surface area contributed by atoms with Crippen LogP contribution in [0.3, 0.4) is 0 Å². The SMILES string of the molecule is CCC1CCC(CN)(C(O)C2CCCC(C)C2)C1. The van der Waals surface area contributed by atoms with E-state index in [2.05, 4.69) is 13.8 Å². The second kappa shape index (κ2) is 5.92. The van der Waals surface area contributed by atoms with Crippen LogP contribution >= 0.6 is 0 Å². The summed E-state index contributed by atoms with van der Waals surface area (Å²) >= 11 is 0. The minimum atomic E-state index is -0.151. The van der Waals surface area contributed by atoms with Gasteiger partial charge >= 0.3 is 0 Å². The molecule has 2 nitrogen and oxygen atoms in total. The maximum atomic E-state index is 10.9. The topological polar surface area (TPSA) is 46.2 Å². The number of aliphatic hydroxyl groups is 1. The maximum Gasteiger partial charge on any atom is 0.0636 e. The molecule has 0 spiro atoms. The van der Waals surface area contributed by atoms with Crippen molar-refractivity contribution in [3.8, 4) is 0 Å². The van der Waals surface area contributed by atoms with E-state index in [4.69, 9.17) is 5.73 Å². The summed E-state index contributed by atoms with van der Waals surface area (Å²) in [5, 5.41) is 10.9. The fourth-order valence-electron chi connectivity index (χ4n) is 4.46. The zero-order chi connectivity index (χ0) is 13.2. The minimum Gasteiger partial charge on any atom is -0.392 e.